The van der Waals surface area contributed by atoms with Crippen molar-refractivity contribution in [2.45, 2.75) is 31.2 Å². The molecule has 2 saturated heterocycles. The molecule has 0 amide bonds. The van der Waals surface area contributed by atoms with Crippen molar-refractivity contribution in [1.82, 2.24) is 10.2 Å². The maximum atomic E-state index is 5.45. The van der Waals surface area contributed by atoms with Gasteiger partial charge in [-0.25, -0.2) is 0 Å². The molecule has 0 aromatic rings. The van der Waals surface area contributed by atoms with Gasteiger partial charge in [0.2, 0.25) is 0 Å². The van der Waals surface area contributed by atoms with Crippen LogP contribution in [0.5, 0.6) is 0 Å². The molecule has 0 radical (unpaired) electrons. The van der Waals surface area contributed by atoms with Gasteiger partial charge in [-0.1, -0.05) is 6.42 Å². The molecule has 2 aliphatic rings. The highest BCUT2D eigenvalue weighted by Gasteiger charge is 2.42. The Morgan fingerprint density at radius 1 is 1.47 bits per heavy atom. The maximum absolute atomic E-state index is 5.45. The number of hydrogen-bond acceptors (Lipinski definition) is 3. The van der Waals surface area contributed by atoms with Crippen LogP contribution in [0.2, 0.25) is 0 Å². The lowest BCUT2D eigenvalue weighted by Gasteiger charge is -2.42. The lowest BCUT2D eigenvalue weighted by Crippen LogP contribution is -2.57. The molecule has 2 fully saturated rings. The average molecular weight is 212 g/mol. The van der Waals surface area contributed by atoms with Gasteiger partial charge in [0.05, 0.1) is 6.61 Å². The van der Waals surface area contributed by atoms with Crippen LogP contribution < -0.4 is 5.32 Å². The molecule has 1 N–H and O–H groups in total. The molecule has 2 rings (SSSR count). The standard InChI is InChI=1S/C12H24N2O/c1-14-8-5-11(9-14)12(10-15-2)6-3-4-7-13-12/h11,13H,3-10H2,1-2H3. The summed E-state index contributed by atoms with van der Waals surface area (Å²) in [4.78, 5) is 2.44. The quantitative estimate of drug-likeness (QED) is 0.758. The van der Waals surface area contributed by atoms with E-state index < -0.39 is 0 Å². The molecule has 88 valence electrons. The lowest BCUT2D eigenvalue weighted by atomic mass is 9.77. The fourth-order valence-corrected chi connectivity index (χ4v) is 3.22. The van der Waals surface area contributed by atoms with Crippen LogP contribution in [0.3, 0.4) is 0 Å². The first-order chi connectivity index (χ1) is 7.27. The average Bonchev–Trinajstić information content (AvgIpc) is 2.67. The SMILES string of the molecule is COCC1(C2CCN(C)C2)CCCCN1. The van der Waals surface area contributed by atoms with E-state index in [1.807, 2.05) is 7.11 Å². The second-order valence-corrected chi connectivity index (χ2v) is 5.22. The zero-order chi connectivity index (χ0) is 10.7. The fraction of sp³-hybridized carbons (Fsp3) is 1.00. The normalized spacial score (nSPS) is 38.4. The van der Waals surface area contributed by atoms with Gasteiger partial charge >= 0.3 is 0 Å². The number of nitrogens with zero attached hydrogens (tertiary/aromatic N) is 1. The summed E-state index contributed by atoms with van der Waals surface area (Å²) in [5.74, 6) is 0.780. The predicted octanol–water partition coefficient (Wildman–Crippen LogP) is 1.10. The second-order valence-electron chi connectivity index (χ2n) is 5.22. The topological polar surface area (TPSA) is 24.5 Å². The Balaban J connectivity index is 2.03. The summed E-state index contributed by atoms with van der Waals surface area (Å²) >= 11 is 0. The highest BCUT2D eigenvalue weighted by molar-refractivity contribution is 4.99. The number of rotatable bonds is 3. The van der Waals surface area contributed by atoms with Crippen molar-refractivity contribution < 1.29 is 4.74 Å². The molecule has 3 nitrogen and oxygen atoms in total. The first kappa shape index (κ1) is 11.4. The molecule has 0 aromatic carbocycles. The summed E-state index contributed by atoms with van der Waals surface area (Å²) < 4.78 is 5.45. The Bertz CT molecular complexity index is 196. The van der Waals surface area contributed by atoms with E-state index in [4.69, 9.17) is 4.74 Å². The molecule has 0 saturated carbocycles. The molecule has 0 spiro atoms. The van der Waals surface area contributed by atoms with Crippen LogP contribution in [0.4, 0.5) is 0 Å². The third-order valence-corrected chi connectivity index (χ3v) is 4.10. The van der Waals surface area contributed by atoms with Crippen LogP contribution in [0, 0.1) is 5.92 Å². The molecule has 2 heterocycles. The third-order valence-electron chi connectivity index (χ3n) is 4.10. The van der Waals surface area contributed by atoms with Gasteiger partial charge in [-0.3, -0.25) is 0 Å². The van der Waals surface area contributed by atoms with Crippen molar-refractivity contribution in [3.63, 3.8) is 0 Å². The van der Waals surface area contributed by atoms with Gasteiger partial charge in [-0.2, -0.15) is 0 Å². The Morgan fingerprint density at radius 3 is 2.87 bits per heavy atom. The number of methoxy groups -OCH3 is 1. The molecular formula is C12H24N2O. The van der Waals surface area contributed by atoms with E-state index in [1.54, 1.807) is 0 Å². The fourth-order valence-electron chi connectivity index (χ4n) is 3.22. The first-order valence-corrected chi connectivity index (χ1v) is 6.19. The summed E-state index contributed by atoms with van der Waals surface area (Å²) in [6, 6.07) is 0. The first-order valence-electron chi connectivity index (χ1n) is 6.19. The smallest absolute Gasteiger partial charge is 0.0647 e. The molecule has 3 heteroatoms. The molecule has 2 aliphatic heterocycles. The van der Waals surface area contributed by atoms with Gasteiger partial charge in [0.15, 0.2) is 0 Å². The van der Waals surface area contributed by atoms with E-state index in [-0.39, 0.29) is 5.54 Å². The van der Waals surface area contributed by atoms with Crippen LogP contribution in [-0.2, 0) is 4.74 Å². The van der Waals surface area contributed by atoms with E-state index >= 15 is 0 Å². The number of piperidine rings is 1. The summed E-state index contributed by atoms with van der Waals surface area (Å²) in [6.07, 6.45) is 5.30. The van der Waals surface area contributed by atoms with Crippen molar-refractivity contribution in [3.8, 4) is 0 Å². The monoisotopic (exact) mass is 212 g/mol. The van der Waals surface area contributed by atoms with Gasteiger partial charge in [-0.05, 0) is 45.3 Å². The number of likely N-dealkylation sites (tertiary alicyclic amines) is 1. The Labute approximate surface area is 93.2 Å². The van der Waals surface area contributed by atoms with Gasteiger partial charge in [0.25, 0.3) is 0 Å². The molecule has 0 aromatic heterocycles. The van der Waals surface area contributed by atoms with Crippen LogP contribution in [0.1, 0.15) is 25.7 Å². The minimum absolute atomic E-state index is 0.276. The Kier molecular flexibility index (Phi) is 3.65. The number of hydrogen-bond donors (Lipinski definition) is 1. The number of ether oxygens (including phenoxy) is 1. The highest BCUT2D eigenvalue weighted by Crippen LogP contribution is 2.33. The van der Waals surface area contributed by atoms with Crippen molar-refractivity contribution in [3.05, 3.63) is 0 Å². The zero-order valence-electron chi connectivity index (χ0n) is 10.1. The predicted molar refractivity (Wildman–Crippen MR) is 62.1 cm³/mol. The van der Waals surface area contributed by atoms with Crippen LogP contribution in [-0.4, -0.2) is 50.8 Å². The van der Waals surface area contributed by atoms with Crippen molar-refractivity contribution in [2.24, 2.45) is 5.92 Å². The molecule has 0 aliphatic carbocycles. The maximum Gasteiger partial charge on any atom is 0.0647 e. The van der Waals surface area contributed by atoms with E-state index in [1.165, 1.54) is 45.3 Å². The molecule has 2 unspecified atom stereocenters. The largest absolute Gasteiger partial charge is 0.383 e. The second kappa shape index (κ2) is 4.81. The summed E-state index contributed by atoms with van der Waals surface area (Å²) in [7, 11) is 4.06. The van der Waals surface area contributed by atoms with Gasteiger partial charge in [-0.15, -0.1) is 0 Å². The zero-order valence-corrected chi connectivity index (χ0v) is 10.1. The third kappa shape index (κ3) is 2.35. The lowest BCUT2D eigenvalue weighted by molar-refractivity contribution is 0.0506. The number of nitrogens with one attached hydrogen (secondary N) is 1. The van der Waals surface area contributed by atoms with Crippen LogP contribution in [0.15, 0.2) is 0 Å². The Morgan fingerprint density at radius 2 is 2.33 bits per heavy atom. The van der Waals surface area contributed by atoms with Crippen molar-refractivity contribution in [2.75, 3.05) is 40.4 Å². The van der Waals surface area contributed by atoms with Crippen molar-refractivity contribution in [1.29, 1.82) is 0 Å². The van der Waals surface area contributed by atoms with Crippen LogP contribution >= 0.6 is 0 Å². The van der Waals surface area contributed by atoms with Gasteiger partial charge in [0, 0.05) is 19.2 Å². The summed E-state index contributed by atoms with van der Waals surface area (Å²) in [6.45, 7) is 4.53. The van der Waals surface area contributed by atoms with E-state index in [0.29, 0.717) is 0 Å². The van der Waals surface area contributed by atoms with E-state index in [9.17, 15) is 0 Å². The van der Waals surface area contributed by atoms with E-state index in [0.717, 1.165) is 12.5 Å². The van der Waals surface area contributed by atoms with E-state index in [2.05, 4.69) is 17.3 Å². The van der Waals surface area contributed by atoms with Gasteiger partial charge in [0.1, 0.15) is 0 Å². The molecular weight excluding hydrogens is 188 g/mol. The summed E-state index contributed by atoms with van der Waals surface area (Å²) in [5, 5.41) is 3.74. The van der Waals surface area contributed by atoms with Gasteiger partial charge < -0.3 is 15.0 Å². The minimum atomic E-state index is 0.276. The van der Waals surface area contributed by atoms with Crippen molar-refractivity contribution >= 4 is 0 Å². The molecule has 15 heavy (non-hydrogen) atoms. The highest BCUT2D eigenvalue weighted by atomic mass is 16.5. The molecule has 2 atom stereocenters. The summed E-state index contributed by atoms with van der Waals surface area (Å²) in [5.41, 5.74) is 0.276. The molecule has 0 bridgehead atoms. The minimum Gasteiger partial charge on any atom is -0.383 e. The van der Waals surface area contributed by atoms with Crippen LogP contribution in [0.25, 0.3) is 0 Å². The Hall–Kier alpha value is -0.120.